The molecule has 3 aromatic carbocycles. The monoisotopic (exact) mass is 315 g/mol. The first-order valence-corrected chi connectivity index (χ1v) is 8.30. The molecular formula is C22H21NO. The average molecular weight is 315 g/mol. The van der Waals surface area contributed by atoms with Crippen molar-refractivity contribution in [2.24, 2.45) is 0 Å². The van der Waals surface area contributed by atoms with Crippen molar-refractivity contribution >= 4 is 5.91 Å². The number of hydrogen-bond donors (Lipinski definition) is 1. The van der Waals surface area contributed by atoms with Crippen LogP contribution < -0.4 is 5.32 Å². The Morgan fingerprint density at radius 3 is 1.96 bits per heavy atom. The summed E-state index contributed by atoms with van der Waals surface area (Å²) < 4.78 is 0. The number of carbonyl (C=O) groups is 1. The highest BCUT2D eigenvalue weighted by atomic mass is 16.1. The lowest BCUT2D eigenvalue weighted by atomic mass is 10.0. The summed E-state index contributed by atoms with van der Waals surface area (Å²) in [5, 5.41) is 2.99. The third kappa shape index (κ3) is 4.32. The predicted molar refractivity (Wildman–Crippen MR) is 99.0 cm³/mol. The smallest absolute Gasteiger partial charge is 0.251 e. The quantitative estimate of drug-likeness (QED) is 0.655. The molecule has 1 N–H and O–H groups in total. The molecule has 0 fully saturated rings. The zero-order valence-electron chi connectivity index (χ0n) is 13.6. The van der Waals surface area contributed by atoms with Crippen LogP contribution in [0.3, 0.4) is 0 Å². The van der Waals surface area contributed by atoms with Gasteiger partial charge in [0.05, 0.1) is 0 Å². The first kappa shape index (κ1) is 16.0. The van der Waals surface area contributed by atoms with Crippen molar-refractivity contribution in [2.45, 2.75) is 12.8 Å². The maximum absolute atomic E-state index is 12.2. The summed E-state index contributed by atoms with van der Waals surface area (Å²) in [4.78, 5) is 12.2. The molecule has 2 nitrogen and oxygen atoms in total. The summed E-state index contributed by atoms with van der Waals surface area (Å²) in [6.45, 7) is 0.689. The van der Waals surface area contributed by atoms with Gasteiger partial charge >= 0.3 is 0 Å². The summed E-state index contributed by atoms with van der Waals surface area (Å²) in [5.41, 5.74) is 4.29. The highest BCUT2D eigenvalue weighted by Crippen LogP contribution is 2.19. The minimum absolute atomic E-state index is 0.0114. The molecule has 0 atom stereocenters. The van der Waals surface area contributed by atoms with Crippen molar-refractivity contribution in [2.75, 3.05) is 6.54 Å². The minimum Gasteiger partial charge on any atom is -0.352 e. The lowest BCUT2D eigenvalue weighted by Crippen LogP contribution is -2.24. The molecule has 0 saturated heterocycles. The van der Waals surface area contributed by atoms with Crippen LogP contribution in [0.25, 0.3) is 11.1 Å². The molecule has 0 aliphatic heterocycles. The Bertz CT molecular complexity index is 764. The standard InChI is InChI=1S/C22H21NO/c24-22(23-17-7-10-18-8-3-1-4-9-18)21-15-13-20(14-16-21)19-11-5-2-6-12-19/h1-6,8-9,11-16H,7,10,17H2,(H,23,24). The lowest BCUT2D eigenvalue weighted by molar-refractivity contribution is 0.0953. The molecule has 0 unspecified atom stereocenters. The van der Waals surface area contributed by atoms with E-state index in [1.807, 2.05) is 60.7 Å². The Morgan fingerprint density at radius 2 is 1.29 bits per heavy atom. The molecule has 0 saturated carbocycles. The van der Waals surface area contributed by atoms with Crippen LogP contribution in [-0.4, -0.2) is 12.5 Å². The molecule has 2 heteroatoms. The molecule has 0 aliphatic rings. The molecule has 0 radical (unpaired) electrons. The van der Waals surface area contributed by atoms with Crippen molar-refractivity contribution in [3.8, 4) is 11.1 Å². The number of rotatable bonds is 6. The molecule has 0 heterocycles. The first-order valence-electron chi connectivity index (χ1n) is 8.30. The van der Waals surface area contributed by atoms with E-state index in [-0.39, 0.29) is 5.91 Å². The molecule has 0 aromatic heterocycles. The largest absolute Gasteiger partial charge is 0.352 e. The predicted octanol–water partition coefficient (Wildman–Crippen LogP) is 4.72. The Hall–Kier alpha value is -2.87. The van der Waals surface area contributed by atoms with Crippen LogP contribution in [-0.2, 0) is 6.42 Å². The van der Waals surface area contributed by atoms with Crippen LogP contribution in [0.4, 0.5) is 0 Å². The number of aryl methyl sites for hydroxylation is 1. The number of carbonyl (C=O) groups excluding carboxylic acids is 1. The van der Waals surface area contributed by atoms with Gasteiger partial charge in [-0.3, -0.25) is 4.79 Å². The summed E-state index contributed by atoms with van der Waals surface area (Å²) in [7, 11) is 0. The SMILES string of the molecule is O=C(NCCCc1ccccc1)c1ccc(-c2ccccc2)cc1. The van der Waals surface area contributed by atoms with Gasteiger partial charge in [-0.1, -0.05) is 72.8 Å². The van der Waals surface area contributed by atoms with Crippen molar-refractivity contribution in [3.63, 3.8) is 0 Å². The van der Waals surface area contributed by atoms with E-state index < -0.39 is 0 Å². The van der Waals surface area contributed by atoms with E-state index in [9.17, 15) is 4.79 Å². The molecular weight excluding hydrogens is 294 g/mol. The number of hydrogen-bond acceptors (Lipinski definition) is 1. The number of benzene rings is 3. The Balaban J connectivity index is 1.50. The minimum atomic E-state index is -0.0114. The van der Waals surface area contributed by atoms with Crippen LogP contribution >= 0.6 is 0 Å². The fraction of sp³-hybridized carbons (Fsp3) is 0.136. The third-order valence-electron chi connectivity index (χ3n) is 4.02. The van der Waals surface area contributed by atoms with Gasteiger partial charge < -0.3 is 5.32 Å². The summed E-state index contributed by atoms with van der Waals surface area (Å²) >= 11 is 0. The maximum atomic E-state index is 12.2. The summed E-state index contributed by atoms with van der Waals surface area (Å²) in [5.74, 6) is -0.0114. The van der Waals surface area contributed by atoms with E-state index in [0.717, 1.165) is 24.0 Å². The fourth-order valence-electron chi connectivity index (χ4n) is 2.69. The van der Waals surface area contributed by atoms with Gasteiger partial charge in [0.2, 0.25) is 0 Å². The van der Waals surface area contributed by atoms with Gasteiger partial charge in [-0.25, -0.2) is 0 Å². The zero-order valence-corrected chi connectivity index (χ0v) is 13.6. The van der Waals surface area contributed by atoms with Crippen molar-refractivity contribution in [1.82, 2.24) is 5.32 Å². The van der Waals surface area contributed by atoms with E-state index in [4.69, 9.17) is 0 Å². The van der Waals surface area contributed by atoms with Crippen LogP contribution in [0.5, 0.6) is 0 Å². The Kier molecular flexibility index (Phi) is 5.41. The normalized spacial score (nSPS) is 10.3. The van der Waals surface area contributed by atoms with Crippen molar-refractivity contribution in [3.05, 3.63) is 96.1 Å². The van der Waals surface area contributed by atoms with Gasteiger partial charge in [0.15, 0.2) is 0 Å². The average Bonchev–Trinajstić information content (AvgIpc) is 2.67. The summed E-state index contributed by atoms with van der Waals surface area (Å²) in [6, 6.07) is 28.3. The second-order valence-electron chi connectivity index (χ2n) is 5.79. The van der Waals surface area contributed by atoms with E-state index in [2.05, 4.69) is 29.6 Å². The Labute approximate surface area is 143 Å². The van der Waals surface area contributed by atoms with Crippen LogP contribution in [0.15, 0.2) is 84.9 Å². The third-order valence-corrected chi connectivity index (χ3v) is 4.02. The van der Waals surface area contributed by atoms with Gasteiger partial charge in [-0.15, -0.1) is 0 Å². The second kappa shape index (κ2) is 8.11. The molecule has 3 aromatic rings. The van der Waals surface area contributed by atoms with Crippen LogP contribution in [0, 0.1) is 0 Å². The van der Waals surface area contributed by atoms with E-state index in [1.165, 1.54) is 5.56 Å². The molecule has 0 aliphatic carbocycles. The number of amides is 1. The molecule has 24 heavy (non-hydrogen) atoms. The maximum Gasteiger partial charge on any atom is 0.251 e. The van der Waals surface area contributed by atoms with Gasteiger partial charge in [-0.05, 0) is 41.7 Å². The molecule has 0 spiro atoms. The summed E-state index contributed by atoms with van der Waals surface area (Å²) in [6.07, 6.45) is 1.92. The Morgan fingerprint density at radius 1 is 0.708 bits per heavy atom. The van der Waals surface area contributed by atoms with Gasteiger partial charge in [0, 0.05) is 12.1 Å². The molecule has 120 valence electrons. The second-order valence-corrected chi connectivity index (χ2v) is 5.79. The van der Waals surface area contributed by atoms with E-state index in [1.54, 1.807) is 0 Å². The zero-order chi connectivity index (χ0) is 16.6. The van der Waals surface area contributed by atoms with Crippen LogP contribution in [0.2, 0.25) is 0 Å². The van der Waals surface area contributed by atoms with Crippen molar-refractivity contribution < 1.29 is 4.79 Å². The van der Waals surface area contributed by atoms with Gasteiger partial charge in [-0.2, -0.15) is 0 Å². The van der Waals surface area contributed by atoms with Crippen LogP contribution in [0.1, 0.15) is 22.3 Å². The molecule has 3 rings (SSSR count). The fourth-order valence-corrected chi connectivity index (χ4v) is 2.69. The highest BCUT2D eigenvalue weighted by molar-refractivity contribution is 5.94. The molecule has 1 amide bonds. The van der Waals surface area contributed by atoms with Gasteiger partial charge in [0.25, 0.3) is 5.91 Å². The van der Waals surface area contributed by atoms with Gasteiger partial charge in [0.1, 0.15) is 0 Å². The molecule has 0 bridgehead atoms. The van der Waals surface area contributed by atoms with Crippen molar-refractivity contribution in [1.29, 1.82) is 0 Å². The number of nitrogens with one attached hydrogen (secondary N) is 1. The topological polar surface area (TPSA) is 29.1 Å². The first-order chi connectivity index (χ1) is 11.8. The highest BCUT2D eigenvalue weighted by Gasteiger charge is 2.05. The van der Waals surface area contributed by atoms with E-state index >= 15 is 0 Å². The van der Waals surface area contributed by atoms with E-state index in [0.29, 0.717) is 12.1 Å². The lowest BCUT2D eigenvalue weighted by Gasteiger charge is -2.07.